The van der Waals surface area contributed by atoms with Crippen molar-refractivity contribution >= 4 is 11.6 Å². The molecule has 0 spiro atoms. The number of hydrogen-bond acceptors (Lipinski definition) is 6. The average Bonchev–Trinajstić information content (AvgIpc) is 3.08. The summed E-state index contributed by atoms with van der Waals surface area (Å²) >= 11 is 0. The third kappa shape index (κ3) is 4.95. The molecule has 3 N–H and O–H groups in total. The normalized spacial score (nSPS) is 21.3. The molecule has 9 nitrogen and oxygen atoms in total. The number of carbonyl (C=O) groups excluding carboxylic acids is 1. The monoisotopic (exact) mass is 431 g/mol. The number of aliphatic hydroxyl groups is 2. The minimum absolute atomic E-state index is 0.0204. The second-order valence-electron chi connectivity index (χ2n) is 8.88. The maximum Gasteiger partial charge on any atom is 0.333 e. The largest absolute Gasteiger partial charge is 0.394 e. The van der Waals surface area contributed by atoms with Gasteiger partial charge in [-0.3, -0.25) is 18.7 Å². The summed E-state index contributed by atoms with van der Waals surface area (Å²) in [6.07, 6.45) is -1.13. The smallest absolute Gasteiger partial charge is 0.333 e. The first-order valence-corrected chi connectivity index (χ1v) is 10.2. The molecule has 0 bridgehead atoms. The molecule has 0 saturated carbocycles. The lowest BCUT2D eigenvalue weighted by Gasteiger charge is -2.19. The predicted molar refractivity (Wildman–Crippen MR) is 115 cm³/mol. The van der Waals surface area contributed by atoms with Crippen LogP contribution in [0.5, 0.6) is 0 Å². The minimum Gasteiger partial charge on any atom is -0.394 e. The fourth-order valence-corrected chi connectivity index (χ4v) is 3.55. The van der Waals surface area contributed by atoms with Gasteiger partial charge in [0, 0.05) is 23.9 Å². The van der Waals surface area contributed by atoms with Crippen molar-refractivity contribution in [2.45, 2.75) is 64.5 Å². The Morgan fingerprint density at radius 1 is 1.23 bits per heavy atom. The Hall–Kier alpha value is -2.75. The number of amides is 1. The number of rotatable bonds is 5. The summed E-state index contributed by atoms with van der Waals surface area (Å²) in [5, 5.41) is 21.9. The maximum absolute atomic E-state index is 12.9. The van der Waals surface area contributed by atoms with Crippen molar-refractivity contribution in [3.8, 4) is 0 Å². The van der Waals surface area contributed by atoms with Crippen LogP contribution in [0.1, 0.15) is 44.5 Å². The molecular formula is C22H29N3O6. The van der Waals surface area contributed by atoms with Crippen molar-refractivity contribution in [3.63, 3.8) is 0 Å². The molecule has 31 heavy (non-hydrogen) atoms. The van der Waals surface area contributed by atoms with E-state index < -0.39 is 42.1 Å². The fourth-order valence-electron chi connectivity index (χ4n) is 3.55. The number of hydrogen-bond donors (Lipinski definition) is 3. The number of nitrogens with zero attached hydrogens (tertiary/aromatic N) is 2. The lowest BCUT2D eigenvalue weighted by atomic mass is 9.87. The van der Waals surface area contributed by atoms with E-state index in [0.717, 1.165) is 10.1 Å². The van der Waals surface area contributed by atoms with Crippen molar-refractivity contribution in [1.29, 1.82) is 0 Å². The van der Waals surface area contributed by atoms with E-state index in [1.807, 2.05) is 12.1 Å². The van der Waals surface area contributed by atoms with Crippen LogP contribution in [0.2, 0.25) is 0 Å². The summed E-state index contributed by atoms with van der Waals surface area (Å²) in [5.74, 6) is -0.513. The van der Waals surface area contributed by atoms with Crippen molar-refractivity contribution < 1.29 is 19.7 Å². The second kappa shape index (κ2) is 8.78. The van der Waals surface area contributed by atoms with Crippen LogP contribution in [-0.2, 0) is 21.5 Å². The topological polar surface area (TPSA) is 123 Å². The second-order valence-corrected chi connectivity index (χ2v) is 8.88. The number of anilines is 1. The van der Waals surface area contributed by atoms with Gasteiger partial charge in [0.15, 0.2) is 0 Å². The van der Waals surface area contributed by atoms with Crippen molar-refractivity contribution in [2.24, 2.45) is 0 Å². The highest BCUT2D eigenvalue weighted by Gasteiger charge is 2.35. The van der Waals surface area contributed by atoms with Crippen molar-refractivity contribution in [1.82, 2.24) is 9.13 Å². The Bertz CT molecular complexity index is 1060. The number of aryl methyl sites for hydroxylation is 1. The first-order valence-electron chi connectivity index (χ1n) is 10.2. The van der Waals surface area contributed by atoms with Gasteiger partial charge in [0.05, 0.1) is 12.7 Å². The Balaban J connectivity index is 1.81. The lowest BCUT2D eigenvalue weighted by Crippen LogP contribution is -2.44. The molecule has 1 aromatic carbocycles. The molecule has 1 aliphatic rings. The van der Waals surface area contributed by atoms with Crippen LogP contribution in [0, 0.1) is 6.92 Å². The molecule has 2 aromatic rings. The fraction of sp³-hybridized carbons (Fsp3) is 0.500. The molecule has 0 aliphatic carbocycles. The van der Waals surface area contributed by atoms with Gasteiger partial charge in [-0.05, 0) is 30.0 Å². The molecule has 2 heterocycles. The quantitative estimate of drug-likeness (QED) is 0.646. The molecule has 1 fully saturated rings. The number of benzene rings is 1. The Morgan fingerprint density at radius 2 is 1.87 bits per heavy atom. The summed E-state index contributed by atoms with van der Waals surface area (Å²) in [7, 11) is 0. The molecule has 3 atom stereocenters. The van der Waals surface area contributed by atoms with Crippen LogP contribution in [0.4, 0.5) is 5.69 Å². The number of carbonyl (C=O) groups is 1. The van der Waals surface area contributed by atoms with Crippen molar-refractivity contribution in [2.75, 3.05) is 11.9 Å². The molecule has 9 heteroatoms. The van der Waals surface area contributed by atoms with Gasteiger partial charge < -0.3 is 20.3 Å². The van der Waals surface area contributed by atoms with Crippen LogP contribution in [0.25, 0.3) is 0 Å². The predicted octanol–water partition coefficient (Wildman–Crippen LogP) is 0.895. The number of ether oxygens (including phenoxy) is 1. The molecule has 3 rings (SSSR count). The summed E-state index contributed by atoms with van der Waals surface area (Å²) in [4.78, 5) is 38.0. The molecule has 1 amide bonds. The van der Waals surface area contributed by atoms with E-state index in [1.54, 1.807) is 12.1 Å². The van der Waals surface area contributed by atoms with Gasteiger partial charge >= 0.3 is 5.69 Å². The Kier molecular flexibility index (Phi) is 6.49. The number of nitrogens with one attached hydrogen (secondary N) is 1. The van der Waals surface area contributed by atoms with E-state index in [0.29, 0.717) is 5.69 Å². The third-order valence-corrected chi connectivity index (χ3v) is 5.40. The van der Waals surface area contributed by atoms with Crippen LogP contribution in [-0.4, -0.2) is 44.1 Å². The average molecular weight is 431 g/mol. The first kappa shape index (κ1) is 22.9. The molecule has 0 unspecified atom stereocenters. The Morgan fingerprint density at radius 3 is 2.42 bits per heavy atom. The molecular weight excluding hydrogens is 402 g/mol. The zero-order valence-electron chi connectivity index (χ0n) is 18.2. The van der Waals surface area contributed by atoms with Gasteiger partial charge in [-0.15, -0.1) is 0 Å². The van der Waals surface area contributed by atoms with Crippen LogP contribution >= 0.6 is 0 Å². The molecule has 1 aliphatic heterocycles. The highest BCUT2D eigenvalue weighted by atomic mass is 16.5. The van der Waals surface area contributed by atoms with E-state index in [4.69, 9.17) is 4.74 Å². The highest BCUT2D eigenvalue weighted by molar-refractivity contribution is 5.90. The summed E-state index contributed by atoms with van der Waals surface area (Å²) in [6, 6.07) is 7.39. The SMILES string of the molecule is Cc1cn([C@@H]2C[C@H](O)[C@H](CO)O2)c(=O)n(CC(=O)Nc2ccc(C(C)(C)C)cc2)c1=O. The van der Waals surface area contributed by atoms with Crippen LogP contribution in [0.15, 0.2) is 40.1 Å². The standard InChI is InChI=1S/C22H29N3O6/c1-13-10-24(19-9-16(27)17(12-26)31-19)21(30)25(20(13)29)11-18(28)23-15-7-5-14(6-8-15)22(2,3)4/h5-8,10,16-17,19,26-27H,9,11-12H2,1-4H3,(H,23,28)/t16-,17-,19-/m0/s1. The van der Waals surface area contributed by atoms with Crippen LogP contribution in [0.3, 0.4) is 0 Å². The molecule has 168 valence electrons. The van der Waals surface area contributed by atoms with E-state index in [2.05, 4.69) is 26.1 Å². The highest BCUT2D eigenvalue weighted by Crippen LogP contribution is 2.27. The summed E-state index contributed by atoms with van der Waals surface area (Å²) < 4.78 is 7.55. The van der Waals surface area contributed by atoms with E-state index >= 15 is 0 Å². The van der Waals surface area contributed by atoms with E-state index in [9.17, 15) is 24.6 Å². The Labute approximate surface area is 179 Å². The lowest BCUT2D eigenvalue weighted by molar-refractivity contribution is -0.116. The van der Waals surface area contributed by atoms with Gasteiger partial charge in [-0.25, -0.2) is 4.79 Å². The maximum atomic E-state index is 12.9. The van der Waals surface area contributed by atoms with Gasteiger partial charge in [-0.2, -0.15) is 0 Å². The minimum atomic E-state index is -0.929. The summed E-state index contributed by atoms with van der Waals surface area (Å²) in [6.45, 7) is 6.95. The zero-order chi connectivity index (χ0) is 22.9. The molecule has 0 radical (unpaired) electrons. The number of aliphatic hydroxyl groups excluding tert-OH is 2. The number of aromatic nitrogens is 2. The van der Waals surface area contributed by atoms with Crippen LogP contribution < -0.4 is 16.6 Å². The summed E-state index contributed by atoms with van der Waals surface area (Å²) in [5.41, 5.74) is 0.622. The van der Waals surface area contributed by atoms with Crippen molar-refractivity contribution in [3.05, 3.63) is 62.4 Å². The molecule has 1 aromatic heterocycles. The van der Waals surface area contributed by atoms with Gasteiger partial charge in [0.25, 0.3) is 5.56 Å². The van der Waals surface area contributed by atoms with E-state index in [1.165, 1.54) is 17.7 Å². The molecule has 1 saturated heterocycles. The van der Waals surface area contributed by atoms with Gasteiger partial charge in [-0.1, -0.05) is 32.9 Å². The van der Waals surface area contributed by atoms with Gasteiger partial charge in [0.2, 0.25) is 5.91 Å². The zero-order valence-corrected chi connectivity index (χ0v) is 18.2. The third-order valence-electron chi connectivity index (χ3n) is 5.40. The first-order chi connectivity index (χ1) is 14.5. The van der Waals surface area contributed by atoms with E-state index in [-0.39, 0.29) is 24.0 Å². The van der Waals surface area contributed by atoms with Gasteiger partial charge in [0.1, 0.15) is 18.9 Å².